The van der Waals surface area contributed by atoms with Crippen LogP contribution < -0.4 is 10.9 Å². The van der Waals surface area contributed by atoms with Gasteiger partial charge in [0.05, 0.1) is 17.6 Å². The number of allylic oxidation sites excluding steroid dienone is 1. The van der Waals surface area contributed by atoms with Crippen molar-refractivity contribution in [2.75, 3.05) is 0 Å². The Hall–Kier alpha value is -2.57. The number of amides is 1. The van der Waals surface area contributed by atoms with Crippen LogP contribution in [-0.2, 0) is 7.05 Å². The molecule has 1 saturated carbocycles. The average molecular weight is 455 g/mol. The molecular weight excluding hydrogens is 416 g/mol. The molecule has 1 N–H and O–H groups in total. The van der Waals surface area contributed by atoms with Gasteiger partial charge in [0.1, 0.15) is 6.26 Å². The zero-order chi connectivity index (χ0) is 23.8. The van der Waals surface area contributed by atoms with Gasteiger partial charge in [-0.25, -0.2) is 4.68 Å². The normalized spacial score (nSPS) is 21.0. The molecule has 2 aromatic rings. The number of aromatic nitrogens is 3. The molecule has 1 amide bonds. The number of hydrogen-bond acceptors (Lipinski definition) is 4. The molecule has 0 aliphatic heterocycles. The van der Waals surface area contributed by atoms with E-state index in [-0.39, 0.29) is 28.6 Å². The Morgan fingerprint density at radius 3 is 2.52 bits per heavy atom. The molecule has 0 saturated heterocycles. The number of rotatable bonds is 5. The lowest BCUT2D eigenvalue weighted by atomic mass is 9.72. The van der Waals surface area contributed by atoms with Crippen LogP contribution >= 0.6 is 0 Å². The van der Waals surface area contributed by atoms with Crippen molar-refractivity contribution in [3.63, 3.8) is 0 Å². The van der Waals surface area contributed by atoms with Crippen LogP contribution in [0.1, 0.15) is 106 Å². The SMILES string of the molecule is Cc1c(C(NC(=O)c2ccon2)C2=CCC(C(C)(C)C)CC2)c(=O)n(C2CCCCC2)n1C. The maximum atomic E-state index is 13.8. The molecule has 2 aliphatic carbocycles. The van der Waals surface area contributed by atoms with Gasteiger partial charge in [0.15, 0.2) is 5.69 Å². The van der Waals surface area contributed by atoms with Gasteiger partial charge in [0.2, 0.25) is 0 Å². The summed E-state index contributed by atoms with van der Waals surface area (Å²) in [6.07, 6.45) is 12.1. The molecule has 1 fully saturated rings. The summed E-state index contributed by atoms with van der Waals surface area (Å²) in [6.45, 7) is 8.84. The standard InChI is InChI=1S/C26H38N4O3/c1-17-22(25(32)30(29(17)5)20-9-7-6-8-10-20)23(27-24(31)21-15-16-33-28-21)18-11-13-19(14-12-18)26(2,3)4/h11,15-16,19-20,23H,6-10,12-14H2,1-5H3,(H,27,31). The van der Waals surface area contributed by atoms with E-state index in [1.54, 1.807) is 6.07 Å². The average Bonchev–Trinajstić information content (AvgIpc) is 3.40. The summed E-state index contributed by atoms with van der Waals surface area (Å²) in [4.78, 5) is 26.8. The van der Waals surface area contributed by atoms with E-state index in [0.29, 0.717) is 11.5 Å². The first kappa shape index (κ1) is 23.6. The second-order valence-electron chi connectivity index (χ2n) is 10.9. The molecule has 7 heteroatoms. The number of nitrogens with zero attached hydrogens (tertiary/aromatic N) is 3. The van der Waals surface area contributed by atoms with Crippen LogP contribution in [0.2, 0.25) is 0 Å². The summed E-state index contributed by atoms with van der Waals surface area (Å²) >= 11 is 0. The highest BCUT2D eigenvalue weighted by molar-refractivity contribution is 5.92. The van der Waals surface area contributed by atoms with Gasteiger partial charge in [-0.1, -0.05) is 51.3 Å². The molecule has 7 nitrogen and oxygen atoms in total. The maximum Gasteiger partial charge on any atom is 0.274 e. The van der Waals surface area contributed by atoms with E-state index in [1.807, 2.05) is 23.3 Å². The Morgan fingerprint density at radius 2 is 1.94 bits per heavy atom. The fourth-order valence-corrected chi connectivity index (χ4v) is 5.61. The fraction of sp³-hybridized carbons (Fsp3) is 0.654. The van der Waals surface area contributed by atoms with Crippen molar-refractivity contribution >= 4 is 5.91 Å². The summed E-state index contributed by atoms with van der Waals surface area (Å²) < 4.78 is 8.81. The molecule has 2 aliphatic rings. The van der Waals surface area contributed by atoms with Gasteiger partial charge in [-0.2, -0.15) is 0 Å². The van der Waals surface area contributed by atoms with E-state index in [1.165, 1.54) is 12.7 Å². The van der Waals surface area contributed by atoms with Gasteiger partial charge in [-0.15, -0.1) is 0 Å². The van der Waals surface area contributed by atoms with E-state index < -0.39 is 6.04 Å². The molecule has 0 radical (unpaired) electrons. The minimum Gasteiger partial charge on any atom is -0.364 e. The lowest BCUT2D eigenvalue weighted by molar-refractivity contribution is 0.0931. The van der Waals surface area contributed by atoms with Gasteiger partial charge in [0.25, 0.3) is 11.5 Å². The van der Waals surface area contributed by atoms with Crippen molar-refractivity contribution in [1.82, 2.24) is 19.8 Å². The van der Waals surface area contributed by atoms with Crippen LogP contribution in [0.5, 0.6) is 0 Å². The minimum absolute atomic E-state index is 0.0196. The van der Waals surface area contributed by atoms with Crippen molar-refractivity contribution in [2.45, 2.75) is 91.1 Å². The van der Waals surface area contributed by atoms with Crippen molar-refractivity contribution in [3.05, 3.63) is 51.3 Å². The number of hydrogen-bond donors (Lipinski definition) is 1. The van der Waals surface area contributed by atoms with E-state index in [0.717, 1.165) is 56.2 Å². The van der Waals surface area contributed by atoms with Gasteiger partial charge < -0.3 is 9.84 Å². The van der Waals surface area contributed by atoms with E-state index in [2.05, 4.69) is 37.3 Å². The summed E-state index contributed by atoms with van der Waals surface area (Å²) in [7, 11) is 1.97. The lowest BCUT2D eigenvalue weighted by Gasteiger charge is -2.35. The van der Waals surface area contributed by atoms with Crippen molar-refractivity contribution in [1.29, 1.82) is 0 Å². The third kappa shape index (κ3) is 4.73. The summed E-state index contributed by atoms with van der Waals surface area (Å²) in [5.74, 6) is 0.267. The lowest BCUT2D eigenvalue weighted by Crippen LogP contribution is -2.36. The zero-order valence-corrected chi connectivity index (χ0v) is 20.7. The Balaban J connectivity index is 1.73. The molecule has 2 aromatic heterocycles. The second-order valence-corrected chi connectivity index (χ2v) is 10.9. The highest BCUT2D eigenvalue weighted by Gasteiger charge is 2.34. The van der Waals surface area contributed by atoms with E-state index >= 15 is 0 Å². The van der Waals surface area contributed by atoms with Crippen LogP contribution in [0.4, 0.5) is 0 Å². The monoisotopic (exact) mass is 454 g/mol. The van der Waals surface area contributed by atoms with Crippen molar-refractivity contribution in [2.24, 2.45) is 18.4 Å². The molecule has 0 spiro atoms. The molecular formula is C26H38N4O3. The summed E-state index contributed by atoms with van der Waals surface area (Å²) in [5.41, 5.74) is 3.19. The van der Waals surface area contributed by atoms with Crippen LogP contribution in [0.15, 0.2) is 33.3 Å². The number of carbonyl (C=O) groups is 1. The van der Waals surface area contributed by atoms with Crippen LogP contribution in [0, 0.1) is 18.3 Å². The number of carbonyl (C=O) groups excluding carboxylic acids is 1. The van der Waals surface area contributed by atoms with Gasteiger partial charge in [-0.3, -0.25) is 14.3 Å². The first-order valence-corrected chi connectivity index (χ1v) is 12.4. The summed E-state index contributed by atoms with van der Waals surface area (Å²) in [6, 6.07) is 1.31. The van der Waals surface area contributed by atoms with Crippen molar-refractivity contribution < 1.29 is 9.32 Å². The Kier molecular flexibility index (Phi) is 6.68. The molecule has 33 heavy (non-hydrogen) atoms. The Morgan fingerprint density at radius 1 is 1.21 bits per heavy atom. The van der Waals surface area contributed by atoms with Gasteiger partial charge in [0, 0.05) is 18.8 Å². The van der Waals surface area contributed by atoms with Gasteiger partial charge in [-0.05, 0) is 55.9 Å². The van der Waals surface area contributed by atoms with Crippen LogP contribution in [0.3, 0.4) is 0 Å². The largest absolute Gasteiger partial charge is 0.364 e. The predicted octanol–water partition coefficient (Wildman–Crippen LogP) is 5.23. The maximum absolute atomic E-state index is 13.8. The van der Waals surface area contributed by atoms with Crippen LogP contribution in [-0.4, -0.2) is 20.4 Å². The predicted molar refractivity (Wildman–Crippen MR) is 128 cm³/mol. The zero-order valence-electron chi connectivity index (χ0n) is 20.7. The Labute approximate surface area is 196 Å². The van der Waals surface area contributed by atoms with E-state index in [4.69, 9.17) is 4.52 Å². The molecule has 2 heterocycles. The topological polar surface area (TPSA) is 82.1 Å². The highest BCUT2D eigenvalue weighted by atomic mass is 16.5. The smallest absolute Gasteiger partial charge is 0.274 e. The first-order valence-electron chi connectivity index (χ1n) is 12.4. The molecule has 4 rings (SSSR count). The van der Waals surface area contributed by atoms with E-state index in [9.17, 15) is 9.59 Å². The third-order valence-corrected chi connectivity index (χ3v) is 7.83. The highest BCUT2D eigenvalue weighted by Crippen LogP contribution is 2.40. The molecule has 2 unspecified atom stereocenters. The Bertz CT molecular complexity index is 1060. The minimum atomic E-state index is -0.460. The number of nitrogens with one attached hydrogen (secondary N) is 1. The molecule has 0 aromatic carbocycles. The van der Waals surface area contributed by atoms with Crippen LogP contribution in [0.25, 0.3) is 0 Å². The quantitative estimate of drug-likeness (QED) is 0.627. The fourth-order valence-electron chi connectivity index (χ4n) is 5.61. The molecule has 0 bridgehead atoms. The van der Waals surface area contributed by atoms with Gasteiger partial charge >= 0.3 is 0 Å². The molecule has 2 atom stereocenters. The summed E-state index contributed by atoms with van der Waals surface area (Å²) in [5, 5.41) is 6.93. The third-order valence-electron chi connectivity index (χ3n) is 7.83. The molecule has 180 valence electrons. The second kappa shape index (κ2) is 9.35. The van der Waals surface area contributed by atoms with Crippen molar-refractivity contribution in [3.8, 4) is 0 Å². The first-order chi connectivity index (χ1) is 15.7.